The maximum absolute atomic E-state index is 10.4. The van der Waals surface area contributed by atoms with Crippen LogP contribution >= 0.6 is 11.6 Å². The van der Waals surface area contributed by atoms with Crippen LogP contribution in [0.2, 0.25) is 5.02 Å². The van der Waals surface area contributed by atoms with Gasteiger partial charge in [-0.25, -0.2) is 0 Å². The van der Waals surface area contributed by atoms with E-state index in [2.05, 4.69) is 20.4 Å². The van der Waals surface area contributed by atoms with Crippen molar-refractivity contribution in [1.29, 1.82) is 0 Å². The highest BCUT2D eigenvalue weighted by molar-refractivity contribution is 6.31. The summed E-state index contributed by atoms with van der Waals surface area (Å²) in [5, 5.41) is 22.4. The van der Waals surface area contributed by atoms with Crippen molar-refractivity contribution in [2.75, 3.05) is 25.0 Å². The summed E-state index contributed by atoms with van der Waals surface area (Å²) in [7, 11) is 0. The van der Waals surface area contributed by atoms with Gasteiger partial charge in [-0.2, -0.15) is 5.10 Å². The molecule has 0 saturated carbocycles. The molecule has 1 aromatic heterocycles. The summed E-state index contributed by atoms with van der Waals surface area (Å²) in [6.07, 6.45) is 3.16. The Balaban J connectivity index is 1.48. The van der Waals surface area contributed by atoms with Gasteiger partial charge in [0.05, 0.1) is 6.10 Å². The van der Waals surface area contributed by atoms with Gasteiger partial charge in [0.1, 0.15) is 5.82 Å². The van der Waals surface area contributed by atoms with E-state index in [1.54, 1.807) is 6.20 Å². The Kier molecular flexibility index (Phi) is 5.43. The van der Waals surface area contributed by atoms with E-state index in [1.807, 2.05) is 36.4 Å². The lowest BCUT2D eigenvalue weighted by atomic mass is 10.0. The lowest BCUT2D eigenvalue weighted by Gasteiger charge is -2.33. The van der Waals surface area contributed by atoms with E-state index < -0.39 is 6.10 Å². The number of halogens is 1. The fourth-order valence-electron chi connectivity index (χ4n) is 2.94. The number of benzene rings is 1. The van der Waals surface area contributed by atoms with Crippen molar-refractivity contribution in [3.8, 4) is 0 Å². The number of piperidine rings is 1. The minimum absolute atomic E-state index is 0.403. The Labute approximate surface area is 141 Å². The first-order chi connectivity index (χ1) is 11.2. The van der Waals surface area contributed by atoms with Crippen molar-refractivity contribution >= 4 is 17.4 Å². The number of aliphatic hydroxyl groups is 1. The number of hydrogen-bond acceptors (Lipinski definition) is 5. The normalized spacial score (nSPS) is 17.8. The summed E-state index contributed by atoms with van der Waals surface area (Å²) >= 11 is 6.15. The molecule has 3 rings (SSSR count). The van der Waals surface area contributed by atoms with Gasteiger partial charge in [0, 0.05) is 42.5 Å². The fraction of sp³-hybridized carbons (Fsp3) is 0.412. The minimum Gasteiger partial charge on any atom is -0.387 e. The molecule has 0 unspecified atom stereocenters. The minimum atomic E-state index is -0.548. The zero-order chi connectivity index (χ0) is 16.1. The fourth-order valence-corrected chi connectivity index (χ4v) is 3.20. The van der Waals surface area contributed by atoms with E-state index in [9.17, 15) is 5.11 Å². The molecule has 1 aromatic carbocycles. The van der Waals surface area contributed by atoms with Gasteiger partial charge in [-0.1, -0.05) is 29.8 Å². The van der Waals surface area contributed by atoms with Gasteiger partial charge in [-0.05, 0) is 31.0 Å². The zero-order valence-corrected chi connectivity index (χ0v) is 13.7. The molecular weight excluding hydrogens is 312 g/mol. The summed E-state index contributed by atoms with van der Waals surface area (Å²) in [6.45, 7) is 2.50. The van der Waals surface area contributed by atoms with Crippen molar-refractivity contribution in [1.82, 2.24) is 15.1 Å². The third-order valence-corrected chi connectivity index (χ3v) is 4.55. The van der Waals surface area contributed by atoms with Gasteiger partial charge in [-0.3, -0.25) is 0 Å². The van der Waals surface area contributed by atoms with Crippen LogP contribution in [-0.2, 0) is 0 Å². The SMILES string of the molecule is O[C@@H](CN1CCC(Nc2cccnn2)CC1)c1ccccc1Cl. The first-order valence-corrected chi connectivity index (χ1v) is 8.29. The highest BCUT2D eigenvalue weighted by atomic mass is 35.5. The van der Waals surface area contributed by atoms with E-state index in [1.165, 1.54) is 0 Å². The van der Waals surface area contributed by atoms with Gasteiger partial charge in [0.15, 0.2) is 0 Å². The van der Waals surface area contributed by atoms with E-state index in [4.69, 9.17) is 11.6 Å². The number of hydrogen-bond donors (Lipinski definition) is 2. The molecule has 2 aromatic rings. The molecule has 1 saturated heterocycles. The predicted octanol–water partition coefficient (Wildman–Crippen LogP) is 2.74. The average Bonchev–Trinajstić information content (AvgIpc) is 2.58. The molecule has 5 nitrogen and oxygen atoms in total. The first-order valence-electron chi connectivity index (χ1n) is 7.91. The molecular formula is C17H21ClN4O. The number of nitrogens with zero attached hydrogens (tertiary/aromatic N) is 3. The molecule has 6 heteroatoms. The quantitative estimate of drug-likeness (QED) is 0.881. The van der Waals surface area contributed by atoms with Crippen molar-refractivity contribution in [3.05, 3.63) is 53.2 Å². The number of nitrogens with one attached hydrogen (secondary N) is 1. The number of anilines is 1. The zero-order valence-electron chi connectivity index (χ0n) is 12.9. The molecule has 0 spiro atoms. The van der Waals surface area contributed by atoms with E-state index >= 15 is 0 Å². The number of rotatable bonds is 5. The van der Waals surface area contributed by atoms with Crippen LogP contribution in [0.15, 0.2) is 42.6 Å². The molecule has 122 valence electrons. The molecule has 0 bridgehead atoms. The first kappa shape index (κ1) is 16.2. The van der Waals surface area contributed by atoms with Crippen LogP contribution in [0.4, 0.5) is 5.82 Å². The molecule has 0 aliphatic carbocycles. The van der Waals surface area contributed by atoms with Crippen LogP contribution in [0.5, 0.6) is 0 Å². The molecule has 1 aliphatic rings. The molecule has 0 amide bonds. The van der Waals surface area contributed by atoms with E-state index in [0.29, 0.717) is 17.6 Å². The summed E-state index contributed by atoms with van der Waals surface area (Å²) in [4.78, 5) is 2.28. The third-order valence-electron chi connectivity index (χ3n) is 4.21. The Bertz CT molecular complexity index is 617. The Morgan fingerprint density at radius 1 is 1.22 bits per heavy atom. The number of likely N-dealkylation sites (tertiary alicyclic amines) is 1. The molecule has 0 radical (unpaired) electrons. The van der Waals surface area contributed by atoms with Gasteiger partial charge < -0.3 is 15.3 Å². The molecule has 1 atom stereocenters. The number of aliphatic hydroxyl groups excluding tert-OH is 1. The van der Waals surface area contributed by atoms with Crippen LogP contribution in [0.25, 0.3) is 0 Å². The molecule has 2 N–H and O–H groups in total. The van der Waals surface area contributed by atoms with Crippen molar-refractivity contribution in [2.24, 2.45) is 0 Å². The van der Waals surface area contributed by atoms with Crippen LogP contribution in [0.3, 0.4) is 0 Å². The average molecular weight is 333 g/mol. The third kappa shape index (κ3) is 4.41. The smallest absolute Gasteiger partial charge is 0.148 e. The van der Waals surface area contributed by atoms with Crippen molar-refractivity contribution in [3.63, 3.8) is 0 Å². The standard InChI is InChI=1S/C17H21ClN4O/c18-15-5-2-1-4-14(15)16(23)12-22-10-7-13(8-11-22)20-17-6-3-9-19-21-17/h1-6,9,13,16,23H,7-8,10-12H2,(H,20,21)/t16-/m0/s1. The van der Waals surface area contributed by atoms with Crippen molar-refractivity contribution in [2.45, 2.75) is 25.0 Å². The van der Waals surface area contributed by atoms with E-state index in [0.717, 1.165) is 37.3 Å². The molecule has 1 fully saturated rings. The lowest BCUT2D eigenvalue weighted by molar-refractivity contribution is 0.0992. The highest BCUT2D eigenvalue weighted by Gasteiger charge is 2.22. The maximum atomic E-state index is 10.4. The monoisotopic (exact) mass is 332 g/mol. The highest BCUT2D eigenvalue weighted by Crippen LogP contribution is 2.24. The maximum Gasteiger partial charge on any atom is 0.148 e. The Hall–Kier alpha value is -1.69. The van der Waals surface area contributed by atoms with Gasteiger partial charge in [0.2, 0.25) is 0 Å². The summed E-state index contributed by atoms with van der Waals surface area (Å²) in [5.41, 5.74) is 0.800. The number of aromatic nitrogens is 2. The molecule has 23 heavy (non-hydrogen) atoms. The number of β-amino-alcohol motifs (C(OH)–C–C–N with tert-alkyl or cyclic N) is 1. The summed E-state index contributed by atoms with van der Waals surface area (Å²) in [6, 6.07) is 11.7. The van der Waals surface area contributed by atoms with Gasteiger partial charge >= 0.3 is 0 Å². The van der Waals surface area contributed by atoms with Crippen LogP contribution < -0.4 is 5.32 Å². The second-order valence-corrected chi connectivity index (χ2v) is 6.27. The second-order valence-electron chi connectivity index (χ2n) is 5.87. The summed E-state index contributed by atoms with van der Waals surface area (Å²) < 4.78 is 0. The topological polar surface area (TPSA) is 61.3 Å². The Morgan fingerprint density at radius 2 is 2.00 bits per heavy atom. The lowest BCUT2D eigenvalue weighted by Crippen LogP contribution is -2.41. The largest absolute Gasteiger partial charge is 0.387 e. The summed E-state index contributed by atoms with van der Waals surface area (Å²) in [5.74, 6) is 0.821. The van der Waals surface area contributed by atoms with Crippen molar-refractivity contribution < 1.29 is 5.11 Å². The van der Waals surface area contributed by atoms with Crippen LogP contribution in [-0.4, -0.2) is 45.9 Å². The van der Waals surface area contributed by atoms with E-state index in [-0.39, 0.29) is 0 Å². The Morgan fingerprint density at radius 3 is 2.70 bits per heavy atom. The second kappa shape index (κ2) is 7.73. The molecule has 2 heterocycles. The van der Waals surface area contributed by atoms with Crippen LogP contribution in [0.1, 0.15) is 24.5 Å². The van der Waals surface area contributed by atoms with Gasteiger partial charge in [-0.15, -0.1) is 5.10 Å². The van der Waals surface area contributed by atoms with Crippen LogP contribution in [0, 0.1) is 0 Å². The van der Waals surface area contributed by atoms with Gasteiger partial charge in [0.25, 0.3) is 0 Å². The molecule has 1 aliphatic heterocycles. The predicted molar refractivity (Wildman–Crippen MR) is 91.5 cm³/mol.